The summed E-state index contributed by atoms with van der Waals surface area (Å²) in [6.45, 7) is 5.15. The van der Waals surface area contributed by atoms with Crippen LogP contribution in [-0.4, -0.2) is 18.6 Å². The van der Waals surface area contributed by atoms with Crippen molar-refractivity contribution in [2.45, 2.75) is 19.8 Å². The highest BCUT2D eigenvalue weighted by molar-refractivity contribution is 9.10. The molecule has 84 valence electrons. The van der Waals surface area contributed by atoms with Gasteiger partial charge in [0.15, 0.2) is 0 Å². The lowest BCUT2D eigenvalue weighted by Gasteiger charge is -2.14. The van der Waals surface area contributed by atoms with Crippen molar-refractivity contribution in [3.05, 3.63) is 28.2 Å². The number of hydrogen-bond donors (Lipinski definition) is 0. The molecule has 0 aliphatic heterocycles. The van der Waals surface area contributed by atoms with Crippen LogP contribution >= 0.6 is 27.7 Å². The second-order valence-electron chi connectivity index (χ2n) is 3.68. The Kier molecular flexibility index (Phi) is 5.54. The van der Waals surface area contributed by atoms with E-state index in [0.29, 0.717) is 5.92 Å². The molecule has 0 saturated carbocycles. The Hall–Kier alpha value is -0.150. The second kappa shape index (κ2) is 6.44. The van der Waals surface area contributed by atoms with Crippen LogP contribution < -0.4 is 4.74 Å². The molecule has 0 aliphatic rings. The normalized spacial score (nSPS) is 10.7. The maximum atomic E-state index is 5.75. The average molecular weight is 289 g/mol. The fraction of sp³-hybridized carbons (Fsp3) is 0.500. The van der Waals surface area contributed by atoms with E-state index in [-0.39, 0.29) is 0 Å². The summed E-state index contributed by atoms with van der Waals surface area (Å²) in [5, 5.41) is 0. The highest BCUT2D eigenvalue weighted by atomic mass is 79.9. The van der Waals surface area contributed by atoms with Crippen molar-refractivity contribution in [1.82, 2.24) is 0 Å². The van der Waals surface area contributed by atoms with E-state index >= 15 is 0 Å². The maximum Gasteiger partial charge on any atom is 0.122 e. The quantitative estimate of drug-likeness (QED) is 0.747. The molecule has 0 amide bonds. The van der Waals surface area contributed by atoms with E-state index in [9.17, 15) is 0 Å². The molecule has 0 heterocycles. The molecule has 1 aromatic carbocycles. The fourth-order valence-corrected chi connectivity index (χ4v) is 1.97. The highest BCUT2D eigenvalue weighted by Crippen LogP contribution is 2.29. The molecule has 1 aromatic rings. The summed E-state index contributed by atoms with van der Waals surface area (Å²) >= 11 is 5.29. The van der Waals surface area contributed by atoms with Crippen LogP contribution in [0.15, 0.2) is 22.7 Å². The van der Waals surface area contributed by atoms with Crippen LogP contribution in [0.2, 0.25) is 0 Å². The van der Waals surface area contributed by atoms with Crippen LogP contribution in [0.1, 0.15) is 25.3 Å². The fourth-order valence-electron chi connectivity index (χ4n) is 1.34. The Labute approximate surface area is 105 Å². The Morgan fingerprint density at radius 3 is 2.73 bits per heavy atom. The van der Waals surface area contributed by atoms with Gasteiger partial charge in [0.2, 0.25) is 0 Å². The largest absolute Gasteiger partial charge is 0.492 e. The van der Waals surface area contributed by atoms with E-state index in [4.69, 9.17) is 4.74 Å². The first kappa shape index (κ1) is 12.9. The summed E-state index contributed by atoms with van der Waals surface area (Å²) in [5.74, 6) is 2.54. The lowest BCUT2D eigenvalue weighted by atomic mass is 10.0. The predicted octanol–water partition coefficient (Wildman–Crippen LogP) is 4.31. The molecule has 0 aromatic heterocycles. The molecule has 0 radical (unpaired) electrons. The van der Waals surface area contributed by atoms with Gasteiger partial charge in [0, 0.05) is 10.2 Å². The van der Waals surface area contributed by atoms with Crippen molar-refractivity contribution in [3.63, 3.8) is 0 Å². The van der Waals surface area contributed by atoms with E-state index in [1.165, 1.54) is 5.56 Å². The first-order chi connectivity index (χ1) is 7.15. The Bertz CT molecular complexity index is 312. The number of hydrogen-bond acceptors (Lipinski definition) is 2. The Morgan fingerprint density at radius 2 is 2.13 bits per heavy atom. The van der Waals surface area contributed by atoms with Crippen LogP contribution in [0.4, 0.5) is 0 Å². The van der Waals surface area contributed by atoms with Crippen LogP contribution in [0.3, 0.4) is 0 Å². The molecule has 15 heavy (non-hydrogen) atoms. The number of halogens is 1. The van der Waals surface area contributed by atoms with Crippen molar-refractivity contribution in [2.75, 3.05) is 18.6 Å². The minimum atomic E-state index is 0.492. The second-order valence-corrected chi connectivity index (χ2v) is 5.58. The third-order valence-corrected chi connectivity index (χ3v) is 3.21. The van der Waals surface area contributed by atoms with Crippen LogP contribution in [-0.2, 0) is 0 Å². The van der Waals surface area contributed by atoms with Crippen LogP contribution in [0.25, 0.3) is 0 Å². The maximum absolute atomic E-state index is 5.75. The molecular formula is C12H17BrOS. The zero-order valence-electron chi connectivity index (χ0n) is 9.42. The zero-order valence-corrected chi connectivity index (χ0v) is 11.8. The first-order valence-corrected chi connectivity index (χ1v) is 7.25. The summed E-state index contributed by atoms with van der Waals surface area (Å²) in [7, 11) is 0. The topological polar surface area (TPSA) is 9.23 Å². The van der Waals surface area contributed by atoms with Gasteiger partial charge >= 0.3 is 0 Å². The van der Waals surface area contributed by atoms with Crippen LogP contribution in [0.5, 0.6) is 5.75 Å². The van der Waals surface area contributed by atoms with Gasteiger partial charge in [0.05, 0.1) is 6.61 Å². The standard InChI is InChI=1S/C12H17BrOS/c1-9(2)11-8-10(13)4-5-12(11)14-6-7-15-3/h4-5,8-9H,6-7H2,1-3H3. The zero-order chi connectivity index (χ0) is 11.3. The molecular weight excluding hydrogens is 272 g/mol. The lowest BCUT2D eigenvalue weighted by Crippen LogP contribution is -2.03. The summed E-state index contributed by atoms with van der Waals surface area (Å²) in [6.07, 6.45) is 2.09. The first-order valence-electron chi connectivity index (χ1n) is 5.06. The van der Waals surface area contributed by atoms with E-state index in [1.54, 1.807) is 11.8 Å². The van der Waals surface area contributed by atoms with Crippen molar-refractivity contribution in [2.24, 2.45) is 0 Å². The van der Waals surface area contributed by atoms with E-state index < -0.39 is 0 Å². The van der Waals surface area contributed by atoms with Crippen LogP contribution in [0, 0.1) is 0 Å². The van der Waals surface area contributed by atoms with Gasteiger partial charge in [-0.15, -0.1) is 0 Å². The average Bonchev–Trinajstić information content (AvgIpc) is 2.20. The van der Waals surface area contributed by atoms with Gasteiger partial charge in [0.1, 0.15) is 5.75 Å². The van der Waals surface area contributed by atoms with Gasteiger partial charge in [-0.1, -0.05) is 29.8 Å². The third-order valence-electron chi connectivity index (χ3n) is 2.14. The van der Waals surface area contributed by atoms with Gasteiger partial charge in [0.25, 0.3) is 0 Å². The number of benzene rings is 1. The SMILES string of the molecule is CSCCOc1ccc(Br)cc1C(C)C. The Balaban J connectivity index is 2.77. The summed E-state index contributed by atoms with van der Waals surface area (Å²) in [4.78, 5) is 0. The van der Waals surface area contributed by atoms with E-state index in [1.807, 2.05) is 12.1 Å². The molecule has 0 bridgehead atoms. The molecule has 3 heteroatoms. The highest BCUT2D eigenvalue weighted by Gasteiger charge is 2.08. The molecule has 0 fully saturated rings. The van der Waals surface area contributed by atoms with Gasteiger partial charge < -0.3 is 4.74 Å². The minimum Gasteiger partial charge on any atom is -0.492 e. The molecule has 0 saturated heterocycles. The summed E-state index contributed by atoms with van der Waals surface area (Å²) in [5.41, 5.74) is 1.27. The van der Waals surface area contributed by atoms with Gasteiger partial charge in [-0.2, -0.15) is 11.8 Å². The smallest absolute Gasteiger partial charge is 0.122 e. The minimum absolute atomic E-state index is 0.492. The van der Waals surface area contributed by atoms with Gasteiger partial charge in [-0.3, -0.25) is 0 Å². The number of thioether (sulfide) groups is 1. The number of ether oxygens (including phenoxy) is 1. The van der Waals surface area contributed by atoms with Crippen molar-refractivity contribution < 1.29 is 4.74 Å². The summed E-state index contributed by atoms with van der Waals surface area (Å²) < 4.78 is 6.87. The van der Waals surface area contributed by atoms with Gasteiger partial charge in [-0.05, 0) is 35.9 Å². The van der Waals surface area contributed by atoms with Crippen molar-refractivity contribution in [3.8, 4) is 5.75 Å². The van der Waals surface area contributed by atoms with Crippen molar-refractivity contribution in [1.29, 1.82) is 0 Å². The monoisotopic (exact) mass is 288 g/mol. The molecule has 1 nitrogen and oxygen atoms in total. The molecule has 0 unspecified atom stereocenters. The Morgan fingerprint density at radius 1 is 1.40 bits per heavy atom. The lowest BCUT2D eigenvalue weighted by molar-refractivity contribution is 0.339. The molecule has 1 rings (SSSR count). The van der Waals surface area contributed by atoms with E-state index in [2.05, 4.69) is 42.1 Å². The molecule has 0 N–H and O–H groups in total. The van der Waals surface area contributed by atoms with Crippen molar-refractivity contribution >= 4 is 27.7 Å². The molecule has 0 spiro atoms. The van der Waals surface area contributed by atoms with E-state index in [0.717, 1.165) is 22.6 Å². The number of rotatable bonds is 5. The third kappa shape index (κ3) is 4.07. The molecule has 0 aliphatic carbocycles. The summed E-state index contributed by atoms with van der Waals surface area (Å²) in [6, 6.07) is 6.21. The molecule has 0 atom stereocenters. The predicted molar refractivity (Wildman–Crippen MR) is 72.1 cm³/mol. The van der Waals surface area contributed by atoms with Gasteiger partial charge in [-0.25, -0.2) is 0 Å².